The van der Waals surface area contributed by atoms with Gasteiger partial charge in [0.2, 0.25) is 0 Å². The van der Waals surface area contributed by atoms with Crippen molar-refractivity contribution in [1.82, 2.24) is 0 Å². The van der Waals surface area contributed by atoms with Crippen LogP contribution in [0, 0.1) is 17.7 Å². The van der Waals surface area contributed by atoms with E-state index in [1.807, 2.05) is 12.1 Å². The highest BCUT2D eigenvalue weighted by Gasteiger charge is 2.29. The van der Waals surface area contributed by atoms with E-state index < -0.39 is 0 Å². The van der Waals surface area contributed by atoms with Gasteiger partial charge in [0.05, 0.1) is 6.04 Å². The van der Waals surface area contributed by atoms with Crippen molar-refractivity contribution >= 4 is 11.0 Å². The summed E-state index contributed by atoms with van der Waals surface area (Å²) in [5.41, 5.74) is 6.59. The van der Waals surface area contributed by atoms with Crippen LogP contribution in [-0.4, -0.2) is 0 Å². The third-order valence-electron chi connectivity index (χ3n) is 4.09. The van der Waals surface area contributed by atoms with Gasteiger partial charge in [0, 0.05) is 5.39 Å². The topological polar surface area (TPSA) is 39.2 Å². The largest absolute Gasteiger partial charge is 0.456 e. The van der Waals surface area contributed by atoms with E-state index in [0.717, 1.165) is 24.1 Å². The van der Waals surface area contributed by atoms with Gasteiger partial charge in [-0.3, -0.25) is 0 Å². The molecule has 3 unspecified atom stereocenters. The third-order valence-corrected chi connectivity index (χ3v) is 4.09. The van der Waals surface area contributed by atoms with Crippen molar-refractivity contribution in [3.05, 3.63) is 35.8 Å². The Hall–Kier alpha value is -1.35. The Morgan fingerprint density at radius 3 is 2.89 bits per heavy atom. The van der Waals surface area contributed by atoms with E-state index in [2.05, 4.69) is 6.92 Å². The van der Waals surface area contributed by atoms with Gasteiger partial charge in [-0.25, -0.2) is 4.39 Å². The zero-order valence-electron chi connectivity index (χ0n) is 10.5. The summed E-state index contributed by atoms with van der Waals surface area (Å²) >= 11 is 0. The van der Waals surface area contributed by atoms with Gasteiger partial charge < -0.3 is 10.2 Å². The number of hydrogen-bond acceptors (Lipinski definition) is 2. The van der Waals surface area contributed by atoms with Crippen molar-refractivity contribution in [3.63, 3.8) is 0 Å². The van der Waals surface area contributed by atoms with Crippen LogP contribution in [0.1, 0.15) is 38.0 Å². The van der Waals surface area contributed by atoms with Crippen molar-refractivity contribution < 1.29 is 8.81 Å². The third kappa shape index (κ3) is 1.93. The molecule has 2 aromatic rings. The van der Waals surface area contributed by atoms with Crippen LogP contribution < -0.4 is 5.73 Å². The highest BCUT2D eigenvalue weighted by Crippen LogP contribution is 2.39. The lowest BCUT2D eigenvalue weighted by Gasteiger charge is -2.16. The quantitative estimate of drug-likeness (QED) is 0.870. The van der Waals surface area contributed by atoms with Crippen LogP contribution in [0.25, 0.3) is 11.0 Å². The Morgan fingerprint density at radius 1 is 1.39 bits per heavy atom. The second kappa shape index (κ2) is 4.39. The van der Waals surface area contributed by atoms with Gasteiger partial charge in [0.15, 0.2) is 11.4 Å². The maximum atomic E-state index is 13.6. The SMILES string of the molecule is CC1CCC(C(N)c2cc3cccc(F)c3o2)C1. The molecule has 2 N–H and O–H groups in total. The average Bonchev–Trinajstić information content (AvgIpc) is 2.95. The first-order valence-corrected chi connectivity index (χ1v) is 6.58. The molecular formula is C15H18FNO. The smallest absolute Gasteiger partial charge is 0.169 e. The Bertz CT molecular complexity index is 563. The monoisotopic (exact) mass is 247 g/mol. The molecule has 0 spiro atoms. The maximum Gasteiger partial charge on any atom is 0.169 e. The molecule has 1 aliphatic rings. The minimum absolute atomic E-state index is 0.109. The number of halogens is 1. The molecular weight excluding hydrogens is 229 g/mol. The predicted molar refractivity (Wildman–Crippen MR) is 69.6 cm³/mol. The van der Waals surface area contributed by atoms with Crippen molar-refractivity contribution in [2.45, 2.75) is 32.2 Å². The second-order valence-corrected chi connectivity index (χ2v) is 5.51. The van der Waals surface area contributed by atoms with E-state index >= 15 is 0 Å². The molecule has 1 saturated carbocycles. The molecule has 3 heteroatoms. The fourth-order valence-corrected chi connectivity index (χ4v) is 3.02. The standard InChI is InChI=1S/C15H18FNO/c1-9-5-6-10(7-9)14(17)13-8-11-3-2-4-12(16)15(11)18-13/h2-4,8-10,14H,5-7,17H2,1H3. The van der Waals surface area contributed by atoms with Crippen LogP contribution in [0.2, 0.25) is 0 Å². The van der Waals surface area contributed by atoms with Crippen molar-refractivity contribution in [1.29, 1.82) is 0 Å². The lowest BCUT2D eigenvalue weighted by Crippen LogP contribution is -2.18. The van der Waals surface area contributed by atoms with Crippen LogP contribution in [0.4, 0.5) is 4.39 Å². The molecule has 0 amide bonds. The zero-order valence-corrected chi connectivity index (χ0v) is 10.5. The van der Waals surface area contributed by atoms with E-state index in [9.17, 15) is 4.39 Å². The van der Waals surface area contributed by atoms with Crippen LogP contribution in [0.15, 0.2) is 28.7 Å². The average molecular weight is 247 g/mol. The van der Waals surface area contributed by atoms with E-state index in [1.54, 1.807) is 6.07 Å². The summed E-state index contributed by atoms with van der Waals surface area (Å²) in [6.45, 7) is 2.25. The van der Waals surface area contributed by atoms with Gasteiger partial charge in [0.1, 0.15) is 5.76 Å². The summed E-state index contributed by atoms with van der Waals surface area (Å²) in [5.74, 6) is 1.60. The summed E-state index contributed by atoms with van der Waals surface area (Å²) in [6, 6.07) is 6.74. The Balaban J connectivity index is 1.92. The number of hydrogen-bond donors (Lipinski definition) is 1. The molecule has 0 saturated heterocycles. The van der Waals surface area contributed by atoms with Crippen LogP contribution in [-0.2, 0) is 0 Å². The number of para-hydroxylation sites is 1. The molecule has 3 rings (SSSR count). The Morgan fingerprint density at radius 2 is 2.22 bits per heavy atom. The molecule has 2 nitrogen and oxygen atoms in total. The molecule has 1 fully saturated rings. The Kier molecular flexibility index (Phi) is 2.86. The summed E-state index contributed by atoms with van der Waals surface area (Å²) in [7, 11) is 0. The first-order valence-electron chi connectivity index (χ1n) is 6.58. The summed E-state index contributed by atoms with van der Waals surface area (Å²) < 4.78 is 19.2. The lowest BCUT2D eigenvalue weighted by atomic mass is 9.96. The van der Waals surface area contributed by atoms with Gasteiger partial charge in [-0.1, -0.05) is 25.5 Å². The lowest BCUT2D eigenvalue weighted by molar-refractivity contribution is 0.369. The maximum absolute atomic E-state index is 13.6. The first-order chi connectivity index (χ1) is 8.65. The van der Waals surface area contributed by atoms with Gasteiger partial charge in [-0.05, 0) is 36.8 Å². The summed E-state index contributed by atoms with van der Waals surface area (Å²) in [5, 5.41) is 0.798. The van der Waals surface area contributed by atoms with Crippen LogP contribution in [0.3, 0.4) is 0 Å². The molecule has 0 aliphatic heterocycles. The highest BCUT2D eigenvalue weighted by molar-refractivity contribution is 5.78. The van der Waals surface area contributed by atoms with Crippen molar-refractivity contribution in [2.24, 2.45) is 17.6 Å². The molecule has 3 atom stereocenters. The van der Waals surface area contributed by atoms with Gasteiger partial charge >= 0.3 is 0 Å². The number of rotatable bonds is 2. The number of fused-ring (bicyclic) bond motifs is 1. The number of benzene rings is 1. The fourth-order valence-electron chi connectivity index (χ4n) is 3.02. The van der Waals surface area contributed by atoms with Gasteiger partial charge in [0.25, 0.3) is 0 Å². The second-order valence-electron chi connectivity index (χ2n) is 5.51. The summed E-state index contributed by atoms with van der Waals surface area (Å²) in [6.07, 6.45) is 3.51. The normalized spacial score (nSPS) is 25.7. The van der Waals surface area contributed by atoms with E-state index in [-0.39, 0.29) is 11.9 Å². The van der Waals surface area contributed by atoms with Gasteiger partial charge in [-0.15, -0.1) is 0 Å². The molecule has 1 aliphatic carbocycles. The minimum atomic E-state index is -0.314. The Labute approximate surface area is 106 Å². The zero-order chi connectivity index (χ0) is 12.7. The number of nitrogens with two attached hydrogens (primary N) is 1. The van der Waals surface area contributed by atoms with Crippen molar-refractivity contribution in [2.75, 3.05) is 0 Å². The van der Waals surface area contributed by atoms with E-state index in [4.69, 9.17) is 10.2 Å². The van der Waals surface area contributed by atoms with E-state index in [0.29, 0.717) is 17.3 Å². The molecule has 18 heavy (non-hydrogen) atoms. The van der Waals surface area contributed by atoms with Crippen LogP contribution in [0.5, 0.6) is 0 Å². The molecule has 0 radical (unpaired) electrons. The van der Waals surface area contributed by atoms with Crippen LogP contribution >= 0.6 is 0 Å². The number of furan rings is 1. The van der Waals surface area contributed by atoms with Crippen molar-refractivity contribution in [3.8, 4) is 0 Å². The summed E-state index contributed by atoms with van der Waals surface area (Å²) in [4.78, 5) is 0. The minimum Gasteiger partial charge on any atom is -0.456 e. The fraction of sp³-hybridized carbons (Fsp3) is 0.467. The molecule has 0 bridgehead atoms. The molecule has 1 aromatic heterocycles. The molecule has 96 valence electrons. The highest BCUT2D eigenvalue weighted by atomic mass is 19.1. The van der Waals surface area contributed by atoms with E-state index in [1.165, 1.54) is 12.5 Å². The molecule has 1 heterocycles. The van der Waals surface area contributed by atoms with Gasteiger partial charge in [-0.2, -0.15) is 0 Å². The first kappa shape index (κ1) is 11.7. The predicted octanol–water partition coefficient (Wildman–Crippen LogP) is 4.01. The molecule has 1 aromatic carbocycles.